The molecule has 0 radical (unpaired) electrons. The van der Waals surface area contributed by atoms with Crippen molar-refractivity contribution in [1.29, 1.82) is 0 Å². The molecule has 24 heavy (non-hydrogen) atoms. The number of aromatic nitrogens is 3. The Labute approximate surface area is 144 Å². The van der Waals surface area contributed by atoms with Gasteiger partial charge < -0.3 is 10.1 Å². The number of benzene rings is 1. The van der Waals surface area contributed by atoms with E-state index in [1.165, 1.54) is 11.8 Å². The summed E-state index contributed by atoms with van der Waals surface area (Å²) in [5, 5.41) is 9.80. The monoisotopic (exact) mass is 350 g/mol. The third-order valence-corrected chi connectivity index (χ3v) is 4.44. The van der Waals surface area contributed by atoms with Crippen LogP contribution in [-0.2, 0) is 17.9 Å². The summed E-state index contributed by atoms with van der Waals surface area (Å²) in [6.45, 7) is 3.06. The largest absolute Gasteiger partial charge is 0.496 e. The van der Waals surface area contributed by atoms with Crippen LogP contribution in [0.3, 0.4) is 0 Å². The van der Waals surface area contributed by atoms with Crippen molar-refractivity contribution in [3.63, 3.8) is 0 Å². The van der Waals surface area contributed by atoms with E-state index in [4.69, 9.17) is 4.74 Å². The number of ether oxygens (including phenoxy) is 1. The van der Waals surface area contributed by atoms with Crippen LogP contribution in [0, 0.1) is 0 Å². The van der Waals surface area contributed by atoms with Gasteiger partial charge in [0.25, 0.3) is 0 Å². The van der Waals surface area contributed by atoms with Gasteiger partial charge in [-0.15, -0.1) is 5.10 Å². The quantitative estimate of drug-likeness (QED) is 0.673. The summed E-state index contributed by atoms with van der Waals surface area (Å²) in [6.07, 6.45) is 1.88. The smallest absolute Gasteiger partial charge is 0.343 e. The molecule has 0 spiro atoms. The minimum atomic E-state index is -0.236. The molecule has 2 aromatic rings. The summed E-state index contributed by atoms with van der Waals surface area (Å²) in [7, 11) is 1.60. The van der Waals surface area contributed by atoms with Gasteiger partial charge in [-0.2, -0.15) is 0 Å². The number of nitrogens with zero attached hydrogens (tertiary/aromatic N) is 2. The first-order valence-corrected chi connectivity index (χ1v) is 8.80. The van der Waals surface area contributed by atoms with Gasteiger partial charge in [0.15, 0.2) is 5.16 Å². The Morgan fingerprint density at radius 2 is 2.21 bits per heavy atom. The highest BCUT2D eigenvalue weighted by Gasteiger charge is 2.11. The molecule has 8 heteroatoms. The molecule has 0 unspecified atom stereocenters. The van der Waals surface area contributed by atoms with Gasteiger partial charge in [-0.1, -0.05) is 43.3 Å². The van der Waals surface area contributed by atoms with Crippen molar-refractivity contribution in [3.05, 3.63) is 40.3 Å². The number of aromatic amines is 1. The Hall–Kier alpha value is -2.22. The van der Waals surface area contributed by atoms with Gasteiger partial charge in [0.05, 0.1) is 12.9 Å². The number of rotatable bonds is 9. The number of hydrogen-bond acceptors (Lipinski definition) is 5. The van der Waals surface area contributed by atoms with Gasteiger partial charge in [0.1, 0.15) is 5.75 Å². The van der Waals surface area contributed by atoms with Gasteiger partial charge in [0, 0.05) is 18.7 Å². The van der Waals surface area contributed by atoms with Gasteiger partial charge in [-0.3, -0.25) is 9.36 Å². The molecule has 1 aromatic heterocycles. The van der Waals surface area contributed by atoms with E-state index in [2.05, 4.69) is 22.4 Å². The summed E-state index contributed by atoms with van der Waals surface area (Å²) in [4.78, 5) is 23.7. The number of carbonyl (C=O) groups excluding carboxylic acids is 1. The molecule has 0 saturated heterocycles. The Morgan fingerprint density at radius 3 is 2.96 bits per heavy atom. The molecule has 0 atom stereocenters. The molecule has 0 fully saturated rings. The third kappa shape index (κ3) is 4.89. The molecule has 1 amide bonds. The highest BCUT2D eigenvalue weighted by Crippen LogP contribution is 2.17. The number of para-hydroxylation sites is 1. The Morgan fingerprint density at radius 1 is 1.42 bits per heavy atom. The zero-order chi connectivity index (χ0) is 17.4. The van der Waals surface area contributed by atoms with E-state index >= 15 is 0 Å². The average molecular weight is 350 g/mol. The molecular formula is C16H22N4O3S. The van der Waals surface area contributed by atoms with E-state index in [1.807, 2.05) is 24.3 Å². The van der Waals surface area contributed by atoms with Crippen LogP contribution in [-0.4, -0.2) is 33.5 Å². The van der Waals surface area contributed by atoms with Crippen molar-refractivity contribution in [1.82, 2.24) is 20.1 Å². The lowest BCUT2D eigenvalue weighted by atomic mass is 10.2. The Balaban J connectivity index is 1.86. The lowest BCUT2D eigenvalue weighted by molar-refractivity contribution is -0.118. The predicted octanol–water partition coefficient (Wildman–Crippen LogP) is 1.79. The molecule has 0 aliphatic carbocycles. The zero-order valence-electron chi connectivity index (χ0n) is 13.9. The first-order chi connectivity index (χ1) is 11.7. The van der Waals surface area contributed by atoms with Crippen LogP contribution in [0.25, 0.3) is 0 Å². The first-order valence-electron chi connectivity index (χ1n) is 7.82. The average Bonchev–Trinajstić information content (AvgIpc) is 2.96. The maximum Gasteiger partial charge on any atom is 0.343 e. The number of hydrogen-bond donors (Lipinski definition) is 2. The van der Waals surface area contributed by atoms with Crippen molar-refractivity contribution in [2.45, 2.75) is 38.0 Å². The fourth-order valence-corrected chi connectivity index (χ4v) is 2.95. The van der Waals surface area contributed by atoms with Crippen molar-refractivity contribution in [2.24, 2.45) is 0 Å². The maximum absolute atomic E-state index is 12.0. The second-order valence-corrected chi connectivity index (χ2v) is 6.14. The fourth-order valence-electron chi connectivity index (χ4n) is 2.15. The van der Waals surface area contributed by atoms with Crippen LogP contribution in [0.15, 0.2) is 34.2 Å². The number of amides is 1. The second-order valence-electron chi connectivity index (χ2n) is 5.19. The van der Waals surface area contributed by atoms with Crippen molar-refractivity contribution in [3.8, 4) is 5.75 Å². The number of H-pyrrole nitrogens is 1. The lowest BCUT2D eigenvalue weighted by Crippen LogP contribution is -2.25. The van der Waals surface area contributed by atoms with Crippen LogP contribution < -0.4 is 15.7 Å². The molecule has 0 saturated carbocycles. The van der Waals surface area contributed by atoms with Gasteiger partial charge in [-0.25, -0.2) is 9.89 Å². The molecule has 2 N–H and O–H groups in total. The standard InChI is InChI=1S/C16H22N4O3S/c1-3-4-9-20-15(22)18-19-16(20)24-11-14(21)17-10-12-7-5-6-8-13(12)23-2/h5-8H,3-4,9-11H2,1-2H3,(H,17,21)(H,18,22). The number of methoxy groups -OCH3 is 1. The normalized spacial score (nSPS) is 10.6. The van der Waals surface area contributed by atoms with E-state index in [-0.39, 0.29) is 17.3 Å². The summed E-state index contributed by atoms with van der Waals surface area (Å²) in [6, 6.07) is 7.54. The molecule has 0 aliphatic rings. The highest BCUT2D eigenvalue weighted by molar-refractivity contribution is 7.99. The van der Waals surface area contributed by atoms with Crippen LogP contribution in [0.2, 0.25) is 0 Å². The maximum atomic E-state index is 12.0. The molecule has 2 rings (SSSR count). The molecule has 1 heterocycles. The van der Waals surface area contributed by atoms with E-state index in [1.54, 1.807) is 11.7 Å². The van der Waals surface area contributed by atoms with Crippen LogP contribution in [0.4, 0.5) is 0 Å². The van der Waals surface area contributed by atoms with E-state index in [9.17, 15) is 9.59 Å². The molecule has 130 valence electrons. The lowest BCUT2D eigenvalue weighted by Gasteiger charge is -2.09. The van der Waals surface area contributed by atoms with Gasteiger partial charge in [0.2, 0.25) is 5.91 Å². The number of unbranched alkanes of at least 4 members (excludes halogenated alkanes) is 1. The summed E-state index contributed by atoms with van der Waals surface area (Å²) < 4.78 is 6.83. The summed E-state index contributed by atoms with van der Waals surface area (Å²) in [5.41, 5.74) is 0.679. The SMILES string of the molecule is CCCCn1c(SCC(=O)NCc2ccccc2OC)n[nH]c1=O. The first kappa shape index (κ1) is 18.1. The summed E-state index contributed by atoms with van der Waals surface area (Å²) >= 11 is 1.25. The predicted molar refractivity (Wildman–Crippen MR) is 93.3 cm³/mol. The van der Waals surface area contributed by atoms with Crippen molar-refractivity contribution >= 4 is 17.7 Å². The minimum Gasteiger partial charge on any atom is -0.496 e. The topological polar surface area (TPSA) is 89.0 Å². The number of nitrogens with one attached hydrogen (secondary N) is 2. The minimum absolute atomic E-state index is 0.122. The highest BCUT2D eigenvalue weighted by atomic mass is 32.2. The van der Waals surface area contributed by atoms with Crippen molar-refractivity contribution in [2.75, 3.05) is 12.9 Å². The molecular weight excluding hydrogens is 328 g/mol. The summed E-state index contributed by atoms with van der Waals surface area (Å²) in [5.74, 6) is 0.820. The molecule has 0 aliphatic heterocycles. The van der Waals surface area contributed by atoms with E-state index in [0.29, 0.717) is 18.2 Å². The Kier molecular flexibility index (Phi) is 6.92. The number of thioether (sulfide) groups is 1. The van der Waals surface area contributed by atoms with Crippen molar-refractivity contribution < 1.29 is 9.53 Å². The fraction of sp³-hybridized carbons (Fsp3) is 0.438. The third-order valence-electron chi connectivity index (χ3n) is 3.46. The Bertz CT molecular complexity index is 726. The molecule has 1 aromatic carbocycles. The zero-order valence-corrected chi connectivity index (χ0v) is 14.7. The second kappa shape index (κ2) is 9.17. The van der Waals surface area contributed by atoms with E-state index in [0.717, 1.165) is 24.2 Å². The molecule has 7 nitrogen and oxygen atoms in total. The number of carbonyl (C=O) groups is 1. The van der Waals surface area contributed by atoms with Crippen LogP contribution in [0.1, 0.15) is 25.3 Å². The van der Waals surface area contributed by atoms with E-state index < -0.39 is 0 Å². The van der Waals surface area contributed by atoms with Crippen LogP contribution >= 0.6 is 11.8 Å². The van der Waals surface area contributed by atoms with Gasteiger partial charge >= 0.3 is 5.69 Å². The van der Waals surface area contributed by atoms with Gasteiger partial charge in [-0.05, 0) is 12.5 Å². The molecule has 0 bridgehead atoms. The van der Waals surface area contributed by atoms with Crippen LogP contribution in [0.5, 0.6) is 5.75 Å².